The summed E-state index contributed by atoms with van der Waals surface area (Å²) in [6.07, 6.45) is 2.46. The Morgan fingerprint density at radius 2 is 1.71 bits per heavy atom. The molecule has 0 aliphatic heterocycles. The third-order valence-electron chi connectivity index (χ3n) is 4.93. The predicted octanol–water partition coefficient (Wildman–Crippen LogP) is 3.13. The summed E-state index contributed by atoms with van der Waals surface area (Å²) in [6.45, 7) is 2.20. The number of carbonyl (C=O) groups is 1. The molecule has 0 spiro atoms. The Morgan fingerprint density at radius 3 is 2.14 bits per heavy atom. The summed E-state index contributed by atoms with van der Waals surface area (Å²) in [4.78, 5) is 19.3. The number of pyridine rings is 1. The molecule has 0 bridgehead atoms. The quantitative estimate of drug-likeness (QED) is 0.611. The SMILES string of the molecule is CCC(COC(=O)c1cc(OC)c(OC)c(OC)c1)(c1ccccn1)N(C)C. The van der Waals surface area contributed by atoms with E-state index in [0.29, 0.717) is 22.8 Å². The van der Waals surface area contributed by atoms with Crippen molar-refractivity contribution in [3.8, 4) is 17.2 Å². The van der Waals surface area contributed by atoms with Crippen molar-refractivity contribution in [2.45, 2.75) is 18.9 Å². The van der Waals surface area contributed by atoms with Crippen LogP contribution in [0.4, 0.5) is 0 Å². The number of benzene rings is 1. The van der Waals surface area contributed by atoms with E-state index in [0.717, 1.165) is 12.1 Å². The van der Waals surface area contributed by atoms with Gasteiger partial charge in [0.1, 0.15) is 6.61 Å². The van der Waals surface area contributed by atoms with Gasteiger partial charge in [0.2, 0.25) is 5.75 Å². The summed E-state index contributed by atoms with van der Waals surface area (Å²) in [6, 6.07) is 8.89. The predicted molar refractivity (Wildman–Crippen MR) is 106 cm³/mol. The van der Waals surface area contributed by atoms with E-state index in [2.05, 4.69) is 4.98 Å². The van der Waals surface area contributed by atoms with E-state index in [4.69, 9.17) is 18.9 Å². The van der Waals surface area contributed by atoms with E-state index in [1.165, 1.54) is 21.3 Å². The molecule has 1 heterocycles. The Hall–Kier alpha value is -2.80. The Balaban J connectivity index is 2.31. The van der Waals surface area contributed by atoms with Gasteiger partial charge in [-0.15, -0.1) is 0 Å². The Labute approximate surface area is 166 Å². The maximum Gasteiger partial charge on any atom is 0.338 e. The van der Waals surface area contributed by atoms with E-state index >= 15 is 0 Å². The fraction of sp³-hybridized carbons (Fsp3) is 0.429. The zero-order valence-corrected chi connectivity index (χ0v) is 17.3. The van der Waals surface area contributed by atoms with Crippen molar-refractivity contribution in [2.24, 2.45) is 0 Å². The van der Waals surface area contributed by atoms with Crippen molar-refractivity contribution in [1.82, 2.24) is 9.88 Å². The number of hydrogen-bond donors (Lipinski definition) is 0. The molecule has 1 aromatic carbocycles. The highest BCUT2D eigenvalue weighted by Gasteiger charge is 2.36. The molecule has 2 rings (SSSR count). The molecule has 2 aromatic rings. The lowest BCUT2D eigenvalue weighted by Crippen LogP contribution is -2.46. The van der Waals surface area contributed by atoms with Crippen molar-refractivity contribution in [3.63, 3.8) is 0 Å². The zero-order chi connectivity index (χ0) is 20.7. The minimum atomic E-state index is -0.530. The molecule has 0 amide bonds. The zero-order valence-electron chi connectivity index (χ0n) is 17.3. The van der Waals surface area contributed by atoms with Crippen LogP contribution in [0, 0.1) is 0 Å². The second-order valence-corrected chi connectivity index (χ2v) is 6.48. The number of methoxy groups -OCH3 is 3. The minimum Gasteiger partial charge on any atom is -0.493 e. The lowest BCUT2D eigenvalue weighted by atomic mass is 9.91. The maximum absolute atomic E-state index is 12.8. The molecule has 7 nitrogen and oxygen atoms in total. The molecule has 7 heteroatoms. The summed E-state index contributed by atoms with van der Waals surface area (Å²) in [5, 5.41) is 0. The van der Waals surface area contributed by atoms with Crippen molar-refractivity contribution in [3.05, 3.63) is 47.8 Å². The fourth-order valence-corrected chi connectivity index (χ4v) is 3.14. The van der Waals surface area contributed by atoms with Crippen LogP contribution < -0.4 is 14.2 Å². The highest BCUT2D eigenvalue weighted by molar-refractivity contribution is 5.91. The topological polar surface area (TPSA) is 70.1 Å². The summed E-state index contributed by atoms with van der Waals surface area (Å²) in [5.41, 5.74) is 0.636. The molecular formula is C21H28N2O5. The largest absolute Gasteiger partial charge is 0.493 e. The van der Waals surface area contributed by atoms with Gasteiger partial charge in [-0.1, -0.05) is 13.0 Å². The Bertz CT molecular complexity index is 770. The summed E-state index contributed by atoms with van der Waals surface area (Å²) < 4.78 is 21.6. The molecule has 0 N–H and O–H groups in total. The van der Waals surface area contributed by atoms with Gasteiger partial charge in [0.25, 0.3) is 0 Å². The van der Waals surface area contributed by atoms with Crippen LogP contribution in [-0.4, -0.2) is 57.9 Å². The third kappa shape index (κ3) is 4.20. The van der Waals surface area contributed by atoms with E-state index in [1.807, 2.05) is 44.1 Å². The number of hydrogen-bond acceptors (Lipinski definition) is 7. The third-order valence-corrected chi connectivity index (χ3v) is 4.93. The minimum absolute atomic E-state index is 0.156. The molecule has 0 radical (unpaired) electrons. The molecule has 28 heavy (non-hydrogen) atoms. The van der Waals surface area contributed by atoms with Gasteiger partial charge in [-0.2, -0.15) is 0 Å². The standard InChI is InChI=1S/C21H28N2O5/c1-7-21(23(2)3,18-10-8-9-11-22-18)14-28-20(24)15-12-16(25-4)19(27-6)17(13-15)26-5/h8-13H,7,14H2,1-6H3. The van der Waals surface area contributed by atoms with Gasteiger partial charge in [-0.05, 0) is 44.8 Å². The fourth-order valence-electron chi connectivity index (χ4n) is 3.14. The van der Waals surface area contributed by atoms with Crippen molar-refractivity contribution in [1.29, 1.82) is 0 Å². The Morgan fingerprint density at radius 1 is 1.07 bits per heavy atom. The molecular weight excluding hydrogens is 360 g/mol. The first-order valence-corrected chi connectivity index (χ1v) is 8.99. The molecule has 1 atom stereocenters. The van der Waals surface area contributed by atoms with Crippen LogP contribution in [0.1, 0.15) is 29.4 Å². The van der Waals surface area contributed by atoms with Crippen molar-refractivity contribution < 1.29 is 23.7 Å². The van der Waals surface area contributed by atoms with Crippen LogP contribution in [0.3, 0.4) is 0 Å². The number of aromatic nitrogens is 1. The number of carbonyl (C=O) groups excluding carboxylic acids is 1. The van der Waals surface area contributed by atoms with Crippen LogP contribution in [0.25, 0.3) is 0 Å². The monoisotopic (exact) mass is 388 g/mol. The summed E-state index contributed by atoms with van der Waals surface area (Å²) >= 11 is 0. The smallest absolute Gasteiger partial charge is 0.338 e. The lowest BCUT2D eigenvalue weighted by molar-refractivity contribution is 0.0104. The molecule has 1 aromatic heterocycles. The van der Waals surface area contributed by atoms with Crippen molar-refractivity contribution in [2.75, 3.05) is 42.0 Å². The lowest BCUT2D eigenvalue weighted by Gasteiger charge is -2.38. The summed E-state index contributed by atoms with van der Waals surface area (Å²) in [7, 11) is 8.41. The second-order valence-electron chi connectivity index (χ2n) is 6.48. The average Bonchev–Trinajstić information content (AvgIpc) is 2.73. The van der Waals surface area contributed by atoms with Gasteiger partial charge >= 0.3 is 5.97 Å². The van der Waals surface area contributed by atoms with Crippen LogP contribution in [0.15, 0.2) is 36.5 Å². The van der Waals surface area contributed by atoms with Gasteiger partial charge < -0.3 is 18.9 Å². The number of likely N-dealkylation sites (N-methyl/N-ethyl adjacent to an activating group) is 1. The maximum atomic E-state index is 12.8. The van der Waals surface area contributed by atoms with E-state index < -0.39 is 11.5 Å². The first-order valence-electron chi connectivity index (χ1n) is 8.99. The van der Waals surface area contributed by atoms with Crippen LogP contribution in [0.2, 0.25) is 0 Å². The average molecular weight is 388 g/mol. The highest BCUT2D eigenvalue weighted by Crippen LogP contribution is 2.38. The van der Waals surface area contributed by atoms with Crippen LogP contribution in [-0.2, 0) is 10.3 Å². The number of ether oxygens (including phenoxy) is 4. The van der Waals surface area contributed by atoms with Gasteiger partial charge in [0, 0.05) is 6.20 Å². The van der Waals surface area contributed by atoms with E-state index in [1.54, 1.807) is 18.3 Å². The van der Waals surface area contributed by atoms with Gasteiger partial charge in [0.05, 0.1) is 38.1 Å². The van der Waals surface area contributed by atoms with E-state index in [9.17, 15) is 4.79 Å². The molecule has 0 fully saturated rings. The molecule has 0 aliphatic carbocycles. The van der Waals surface area contributed by atoms with Gasteiger partial charge in [-0.3, -0.25) is 9.88 Å². The molecule has 0 saturated heterocycles. The number of esters is 1. The molecule has 0 saturated carbocycles. The van der Waals surface area contributed by atoms with Crippen LogP contribution >= 0.6 is 0 Å². The van der Waals surface area contributed by atoms with E-state index in [-0.39, 0.29) is 6.61 Å². The highest BCUT2D eigenvalue weighted by atomic mass is 16.5. The van der Waals surface area contributed by atoms with Crippen molar-refractivity contribution >= 4 is 5.97 Å². The van der Waals surface area contributed by atoms with Crippen LogP contribution in [0.5, 0.6) is 17.2 Å². The molecule has 1 unspecified atom stereocenters. The normalized spacial score (nSPS) is 13.0. The van der Waals surface area contributed by atoms with Gasteiger partial charge in [-0.25, -0.2) is 4.79 Å². The first kappa shape index (κ1) is 21.5. The number of nitrogens with zero attached hydrogens (tertiary/aromatic N) is 2. The molecule has 0 aliphatic rings. The molecule has 152 valence electrons. The Kier molecular flexibility index (Phi) is 7.23. The summed E-state index contributed by atoms with van der Waals surface area (Å²) in [5.74, 6) is 0.738. The van der Waals surface area contributed by atoms with Gasteiger partial charge in [0.15, 0.2) is 11.5 Å². The number of rotatable bonds is 9. The first-order chi connectivity index (χ1) is 13.4. The second kappa shape index (κ2) is 9.41.